The molecule has 100 valence electrons. The van der Waals surface area contributed by atoms with Gasteiger partial charge in [0.1, 0.15) is 11.6 Å². The Morgan fingerprint density at radius 1 is 1.25 bits per heavy atom. The van der Waals surface area contributed by atoms with E-state index >= 15 is 0 Å². The third-order valence-corrected chi connectivity index (χ3v) is 2.98. The van der Waals surface area contributed by atoms with Crippen LogP contribution in [0, 0.1) is 6.92 Å². The summed E-state index contributed by atoms with van der Waals surface area (Å²) >= 11 is 0. The predicted molar refractivity (Wildman–Crippen MR) is 75.4 cm³/mol. The number of benzene rings is 1. The second-order valence-corrected chi connectivity index (χ2v) is 4.57. The van der Waals surface area contributed by atoms with Gasteiger partial charge in [-0.1, -0.05) is 18.2 Å². The molecule has 0 saturated carbocycles. The third kappa shape index (κ3) is 2.01. The van der Waals surface area contributed by atoms with Gasteiger partial charge in [-0.2, -0.15) is 4.52 Å². The van der Waals surface area contributed by atoms with E-state index < -0.39 is 0 Å². The number of anilines is 1. The average molecular weight is 267 g/mol. The third-order valence-electron chi connectivity index (χ3n) is 2.98. The van der Waals surface area contributed by atoms with Crippen LogP contribution in [0.2, 0.25) is 0 Å². The number of ketones is 1. The summed E-state index contributed by atoms with van der Waals surface area (Å²) < 4.78 is 1.63. The molecule has 0 aliphatic rings. The zero-order valence-electron chi connectivity index (χ0n) is 11.2. The Labute approximate surface area is 115 Å². The lowest BCUT2D eigenvalue weighted by Crippen LogP contribution is -2.02. The number of aromatic nitrogens is 4. The number of nitrogens with two attached hydrogens (primary N) is 1. The summed E-state index contributed by atoms with van der Waals surface area (Å²) in [5.41, 5.74) is 7.85. The Morgan fingerprint density at radius 2 is 2.05 bits per heavy atom. The molecule has 0 radical (unpaired) electrons. The van der Waals surface area contributed by atoms with E-state index in [0.29, 0.717) is 28.7 Å². The zero-order chi connectivity index (χ0) is 14.3. The first-order chi connectivity index (χ1) is 9.54. The van der Waals surface area contributed by atoms with Crippen LogP contribution < -0.4 is 5.73 Å². The molecule has 0 saturated heterocycles. The van der Waals surface area contributed by atoms with E-state index in [1.165, 1.54) is 6.92 Å². The number of nitrogens with zero attached hydrogens (tertiary/aromatic N) is 4. The van der Waals surface area contributed by atoms with Gasteiger partial charge in [-0.05, 0) is 19.9 Å². The normalized spacial score (nSPS) is 10.9. The second-order valence-electron chi connectivity index (χ2n) is 4.57. The molecule has 6 heteroatoms. The minimum absolute atomic E-state index is 0.00164. The summed E-state index contributed by atoms with van der Waals surface area (Å²) in [5, 5.41) is 4.31. The molecule has 2 N–H and O–H groups in total. The molecule has 2 aromatic heterocycles. The van der Waals surface area contributed by atoms with Crippen LogP contribution >= 0.6 is 0 Å². The lowest BCUT2D eigenvalue weighted by Gasteiger charge is -2.06. The first-order valence-electron chi connectivity index (χ1n) is 6.16. The van der Waals surface area contributed by atoms with Gasteiger partial charge in [0, 0.05) is 17.2 Å². The minimum atomic E-state index is 0.00164. The molecule has 0 fully saturated rings. The number of nitrogen functional groups attached to an aromatic ring is 1. The molecule has 0 unspecified atom stereocenters. The monoisotopic (exact) mass is 267 g/mol. The van der Waals surface area contributed by atoms with Crippen molar-refractivity contribution in [1.82, 2.24) is 19.6 Å². The standard InChI is InChI=1S/C14H13N5O/c1-8(20)10-4-3-5-11(6-10)14-17-12(15)7-13-16-9(2)18-19(13)14/h3-7H,15H2,1-2H3. The number of aryl methyl sites for hydroxylation is 1. The van der Waals surface area contributed by atoms with Crippen molar-refractivity contribution in [3.05, 3.63) is 41.7 Å². The highest BCUT2D eigenvalue weighted by Gasteiger charge is 2.11. The average Bonchev–Trinajstić information content (AvgIpc) is 2.78. The summed E-state index contributed by atoms with van der Waals surface area (Å²) in [6, 6.07) is 8.89. The van der Waals surface area contributed by atoms with Gasteiger partial charge in [-0.15, -0.1) is 5.10 Å². The minimum Gasteiger partial charge on any atom is -0.384 e. The maximum Gasteiger partial charge on any atom is 0.165 e. The Kier molecular flexibility index (Phi) is 2.71. The molecule has 3 aromatic rings. The highest BCUT2D eigenvalue weighted by atomic mass is 16.1. The lowest BCUT2D eigenvalue weighted by atomic mass is 10.1. The highest BCUT2D eigenvalue weighted by Crippen LogP contribution is 2.21. The zero-order valence-corrected chi connectivity index (χ0v) is 11.2. The Hall–Kier alpha value is -2.76. The van der Waals surface area contributed by atoms with Crippen molar-refractivity contribution in [2.45, 2.75) is 13.8 Å². The van der Waals surface area contributed by atoms with Crippen LogP contribution in [0.4, 0.5) is 5.82 Å². The van der Waals surface area contributed by atoms with Crippen LogP contribution in [-0.4, -0.2) is 25.4 Å². The number of Topliss-reactive ketones (excluding diaryl/α,β-unsaturated/α-hetero) is 1. The molecule has 0 amide bonds. The maximum atomic E-state index is 11.5. The molecular weight excluding hydrogens is 254 g/mol. The summed E-state index contributed by atoms with van der Waals surface area (Å²) in [4.78, 5) is 20.1. The van der Waals surface area contributed by atoms with Crippen molar-refractivity contribution in [2.24, 2.45) is 0 Å². The summed E-state index contributed by atoms with van der Waals surface area (Å²) in [6.07, 6.45) is 0. The number of hydrogen-bond acceptors (Lipinski definition) is 5. The number of hydrogen-bond donors (Lipinski definition) is 1. The molecule has 6 nitrogen and oxygen atoms in total. The van der Waals surface area contributed by atoms with Crippen LogP contribution in [0.15, 0.2) is 30.3 Å². The van der Waals surface area contributed by atoms with Crippen molar-refractivity contribution in [1.29, 1.82) is 0 Å². The molecule has 1 aromatic carbocycles. The molecule has 0 atom stereocenters. The molecule has 0 spiro atoms. The Bertz CT molecular complexity index is 822. The fourth-order valence-electron chi connectivity index (χ4n) is 2.08. The van der Waals surface area contributed by atoms with Crippen molar-refractivity contribution in [3.8, 4) is 11.4 Å². The van der Waals surface area contributed by atoms with Gasteiger partial charge in [0.2, 0.25) is 0 Å². The van der Waals surface area contributed by atoms with E-state index in [0.717, 1.165) is 5.56 Å². The van der Waals surface area contributed by atoms with Crippen molar-refractivity contribution in [3.63, 3.8) is 0 Å². The van der Waals surface area contributed by atoms with Crippen LogP contribution in [0.25, 0.3) is 17.0 Å². The number of carbonyl (C=O) groups is 1. The molecule has 0 bridgehead atoms. The van der Waals surface area contributed by atoms with E-state index in [-0.39, 0.29) is 5.78 Å². The van der Waals surface area contributed by atoms with E-state index in [1.54, 1.807) is 29.6 Å². The van der Waals surface area contributed by atoms with Crippen LogP contribution in [-0.2, 0) is 0 Å². The van der Waals surface area contributed by atoms with Crippen molar-refractivity contribution >= 4 is 17.2 Å². The summed E-state index contributed by atoms with van der Waals surface area (Å²) in [5.74, 6) is 1.58. The first kappa shape index (κ1) is 12.3. The Morgan fingerprint density at radius 3 is 2.80 bits per heavy atom. The predicted octanol–water partition coefficient (Wildman–Crippen LogP) is 1.88. The van der Waals surface area contributed by atoms with Gasteiger partial charge in [-0.3, -0.25) is 4.79 Å². The van der Waals surface area contributed by atoms with Crippen LogP contribution in [0.1, 0.15) is 23.1 Å². The van der Waals surface area contributed by atoms with Crippen molar-refractivity contribution < 1.29 is 4.79 Å². The van der Waals surface area contributed by atoms with Gasteiger partial charge in [0.05, 0.1) is 0 Å². The molecule has 20 heavy (non-hydrogen) atoms. The molecule has 0 aliphatic carbocycles. The number of rotatable bonds is 2. The maximum absolute atomic E-state index is 11.5. The molecular formula is C14H13N5O. The van der Waals surface area contributed by atoms with Crippen LogP contribution in [0.5, 0.6) is 0 Å². The molecule has 2 heterocycles. The van der Waals surface area contributed by atoms with Gasteiger partial charge in [-0.25, -0.2) is 9.97 Å². The smallest absolute Gasteiger partial charge is 0.165 e. The quantitative estimate of drug-likeness (QED) is 0.716. The van der Waals surface area contributed by atoms with Gasteiger partial charge in [0.15, 0.2) is 17.3 Å². The number of fused-ring (bicyclic) bond motifs is 1. The van der Waals surface area contributed by atoms with Crippen LogP contribution in [0.3, 0.4) is 0 Å². The van der Waals surface area contributed by atoms with Gasteiger partial charge < -0.3 is 5.73 Å². The SMILES string of the molecule is CC(=O)c1cccc(-c2nc(N)cc3nc(C)nn23)c1. The fourth-order valence-corrected chi connectivity index (χ4v) is 2.08. The number of carbonyl (C=O) groups excluding carboxylic acids is 1. The summed E-state index contributed by atoms with van der Waals surface area (Å²) in [7, 11) is 0. The summed E-state index contributed by atoms with van der Waals surface area (Å²) in [6.45, 7) is 3.33. The van der Waals surface area contributed by atoms with Gasteiger partial charge >= 0.3 is 0 Å². The van der Waals surface area contributed by atoms with Gasteiger partial charge in [0.25, 0.3) is 0 Å². The van der Waals surface area contributed by atoms with E-state index in [1.807, 2.05) is 12.1 Å². The van der Waals surface area contributed by atoms with E-state index in [2.05, 4.69) is 15.1 Å². The highest BCUT2D eigenvalue weighted by molar-refractivity contribution is 5.95. The Balaban J connectivity index is 2.28. The second kappa shape index (κ2) is 4.41. The fraction of sp³-hybridized carbons (Fsp3) is 0.143. The topological polar surface area (TPSA) is 86.2 Å². The molecule has 3 rings (SSSR count). The first-order valence-corrected chi connectivity index (χ1v) is 6.16. The lowest BCUT2D eigenvalue weighted by molar-refractivity contribution is 0.101. The molecule has 0 aliphatic heterocycles. The van der Waals surface area contributed by atoms with E-state index in [9.17, 15) is 4.79 Å². The van der Waals surface area contributed by atoms with E-state index in [4.69, 9.17) is 5.73 Å². The largest absolute Gasteiger partial charge is 0.384 e. The van der Waals surface area contributed by atoms with Crippen molar-refractivity contribution in [2.75, 3.05) is 5.73 Å².